The van der Waals surface area contributed by atoms with Gasteiger partial charge in [-0.25, -0.2) is 22.0 Å². The second-order valence-electron chi connectivity index (χ2n) is 36.3. The van der Waals surface area contributed by atoms with Crippen molar-refractivity contribution in [3.63, 3.8) is 0 Å². The lowest BCUT2D eigenvalue weighted by Crippen LogP contribution is -2.40. The van der Waals surface area contributed by atoms with Gasteiger partial charge >= 0.3 is 0 Å². The van der Waals surface area contributed by atoms with Gasteiger partial charge in [0.15, 0.2) is 40.6 Å². The Labute approximate surface area is 887 Å². The highest BCUT2D eigenvalue weighted by Gasteiger charge is 2.34. The number of Topliss-reactive ketones (excluding diaryl/α,β-unsaturated/α-hetero) is 4. The van der Waals surface area contributed by atoms with E-state index in [1.54, 1.807) is 78.0 Å². The van der Waals surface area contributed by atoms with E-state index in [2.05, 4.69) is 74.8 Å². The lowest BCUT2D eigenvalue weighted by atomic mass is 9.93. The number of nitrogens with zero attached hydrogens (tertiary/aromatic N) is 10. The highest BCUT2D eigenvalue weighted by Crippen LogP contribution is 2.48. The predicted octanol–water partition coefficient (Wildman–Crippen LogP) is 24.0. The molecule has 0 radical (unpaired) electrons. The van der Waals surface area contributed by atoms with E-state index in [0.29, 0.717) is 99.5 Å². The Morgan fingerprint density at radius 1 is 0.417 bits per heavy atom. The maximum absolute atomic E-state index is 14.0. The van der Waals surface area contributed by atoms with E-state index in [1.165, 1.54) is 73.2 Å². The van der Waals surface area contributed by atoms with Gasteiger partial charge in [-0.2, -0.15) is 25.5 Å². The summed E-state index contributed by atoms with van der Waals surface area (Å²) >= 11 is 39.9. The number of fused-ring (bicyclic) bond motifs is 15. The fourth-order valence-corrected chi connectivity index (χ4v) is 26.6. The molecule has 5 aliphatic rings. The Balaban J connectivity index is 0.000000129. The molecule has 15 heterocycles. The zero-order valence-corrected chi connectivity index (χ0v) is 89.0. The summed E-state index contributed by atoms with van der Waals surface area (Å²) in [6.45, 7) is 5.86. The van der Waals surface area contributed by atoms with Gasteiger partial charge in [-0.15, -0.1) is 56.7 Å². The number of methoxy groups -OCH3 is 1. The second kappa shape index (κ2) is 49.9. The molecule has 20 rings (SSSR count). The summed E-state index contributed by atoms with van der Waals surface area (Å²) in [7, 11) is 1.68. The van der Waals surface area contributed by atoms with Crippen LogP contribution < -0.4 is 34.0 Å². The smallest absolute Gasteiger partial charge is 0.261 e. The van der Waals surface area contributed by atoms with Gasteiger partial charge in [0.05, 0.1) is 114 Å². The molecule has 1 amide bonds. The molecule has 0 saturated carbocycles. The van der Waals surface area contributed by atoms with E-state index >= 15 is 0 Å². The molecule has 11 N–H and O–H groups in total. The minimum absolute atomic E-state index is 0.00605. The van der Waals surface area contributed by atoms with Crippen LogP contribution in [-0.2, 0) is 95.2 Å². The Morgan fingerprint density at radius 2 is 0.792 bits per heavy atom. The van der Waals surface area contributed by atoms with Crippen LogP contribution in [0.3, 0.4) is 0 Å². The third-order valence-electron chi connectivity index (χ3n) is 26.2. The van der Waals surface area contributed by atoms with Gasteiger partial charge in [-0.3, -0.25) is 47.4 Å². The summed E-state index contributed by atoms with van der Waals surface area (Å²) in [5, 5.41) is 27.5. The lowest BCUT2D eigenvalue weighted by Gasteiger charge is -2.16. The first-order valence-electron chi connectivity index (χ1n) is 47.7. The topological polar surface area (TPSA) is 326 Å². The van der Waals surface area contributed by atoms with Crippen molar-refractivity contribution in [2.45, 2.75) is 167 Å². The van der Waals surface area contributed by atoms with Crippen LogP contribution in [0.15, 0.2) is 186 Å². The summed E-state index contributed by atoms with van der Waals surface area (Å²) in [5.41, 5.74) is 43.4. The molecule has 754 valence electrons. The number of carbonyl (C=O) groups excluding carboxylic acids is 5. The predicted molar refractivity (Wildman–Crippen MR) is 572 cm³/mol. The van der Waals surface area contributed by atoms with Crippen molar-refractivity contribution in [1.82, 2.24) is 54.2 Å². The number of carbonyl (C=O) groups is 5. The van der Waals surface area contributed by atoms with Crippen molar-refractivity contribution < 1.29 is 50.7 Å². The molecule has 15 aromatic rings. The fourth-order valence-electron chi connectivity index (χ4n) is 18.8. The number of hydrogen-bond acceptors (Lipinski definition) is 21. The van der Waals surface area contributed by atoms with E-state index in [9.17, 15) is 45.9 Å². The largest absolute Gasteiger partial charge is 0.376 e. The SMILES string of the molecule is COC1CCn2ncc(Cl)c2-c2cc(C(=O)CC(CN)Cc3cccc(F)c3)sc21.NCC(CC(=O)c1cc2c(s1)CCCn1ncc(Br)c1-2)Cc1ccc(F)c(F)c1F.NCC(CC(=O)c1cc2c(s1)CCCn1ncc(Br)c1-2)Cc1cccc(F)c1.NCC(CC(=O)c1cc2c(s1)CCCn1ncc(Cl)c1-2)Cc1cccc(Cl)c1.NCC(CCc1ccccc1)NC(=O)c1cc2c(s1)CCCn1ncc(Cl)c1-2. The summed E-state index contributed by atoms with van der Waals surface area (Å²) in [4.78, 5) is 74.1. The number of thiophene rings is 5. The average molecular weight is 2260 g/mol. The van der Waals surface area contributed by atoms with Crippen LogP contribution in [-0.4, -0.2) is 124 Å². The molecule has 10 aromatic heterocycles. The first-order valence-corrected chi connectivity index (χ1v) is 54.9. The van der Waals surface area contributed by atoms with Crippen molar-refractivity contribution in [3.05, 3.63) is 311 Å². The van der Waals surface area contributed by atoms with Crippen molar-refractivity contribution >= 4 is 164 Å². The zero-order valence-electron chi connectivity index (χ0n) is 78.7. The van der Waals surface area contributed by atoms with Crippen LogP contribution in [0.2, 0.25) is 20.1 Å². The minimum atomic E-state index is -1.50. The quantitative estimate of drug-likeness (QED) is 0.0134. The normalized spacial score (nSPS) is 14.7. The number of halogens is 11. The van der Waals surface area contributed by atoms with Gasteiger partial charge in [0, 0.05) is 135 Å². The minimum Gasteiger partial charge on any atom is -0.376 e. The number of aryl methyl sites for hydroxylation is 10. The molecule has 0 aliphatic carbocycles. The standard InChI is InChI=1S/C22H23ClFN3O2S.C21H19BrF3N3OS.C21H21BrFN3OS.C21H21Cl2N3OS.C21H23ClN4OS/c1-29-19-5-6-27-21(17(23)12-26-27)16-10-20(30-22(16)19)18(28)9-14(11-25)7-13-3-2-4-15(24)8-13;22-14-10-27-28-5-1-2-17-13(21(14)28)8-18(30-17)16(29)7-11(9-26)6-12-3-4-15(23)20(25)19(12)24;22-17-12-25-26-6-2-5-19-16(21(17)26)10-20(28-19)18(27)9-14(11-24)7-13-3-1-4-15(23)8-13;22-15-4-1-3-13(8-15)7-14(11-24)9-18(27)20-10-16-19(28-20)5-2-6-26-21(16)17(23)12-25-26;22-17-13-24-26-10-4-7-18-16(20(17)26)11-19(28-18)21(27)25-15(12-23)9-8-14-5-2-1-3-6-14/h2-4,8,10,12,14,19H,5-7,9,11,25H2,1H3;3-4,8,10-11H,1-2,5-7,9,26H2;2*1,3-4,8,10,12,14H,2,5-7,9,11,24H2;1-3,5-6,11,13,15H,4,7-10,12,23H2,(H,25,27). The monoisotopic (exact) mass is 2250 g/mol. The number of nitrogens with one attached hydrogen (secondary N) is 1. The number of ketones is 4. The molecule has 22 nitrogen and oxygen atoms in total. The van der Waals surface area contributed by atoms with Crippen LogP contribution >= 0.6 is 135 Å². The van der Waals surface area contributed by atoms with Gasteiger partial charge in [0.2, 0.25) is 0 Å². The Bertz CT molecular complexity index is 6930. The number of hydrogen-bond donors (Lipinski definition) is 6. The molecule has 0 fully saturated rings. The molecule has 6 atom stereocenters. The van der Waals surface area contributed by atoms with Crippen LogP contribution in [0.25, 0.3) is 56.3 Å². The van der Waals surface area contributed by atoms with Gasteiger partial charge in [-0.1, -0.05) is 119 Å². The van der Waals surface area contributed by atoms with Crippen molar-refractivity contribution in [2.24, 2.45) is 52.3 Å². The van der Waals surface area contributed by atoms with Gasteiger partial charge < -0.3 is 38.7 Å². The fraction of sp³-hybridized carbons (Fsp3) is 0.340. The third-order valence-corrected chi connectivity index (χ3v) is 34.6. The lowest BCUT2D eigenvalue weighted by molar-refractivity contribution is 0.0935. The summed E-state index contributed by atoms with van der Waals surface area (Å²) < 4.78 is 84.8. The Morgan fingerprint density at radius 3 is 1.22 bits per heavy atom. The van der Waals surface area contributed by atoms with E-state index in [4.69, 9.17) is 79.8 Å². The third kappa shape index (κ3) is 26.0. The zero-order chi connectivity index (χ0) is 102. The van der Waals surface area contributed by atoms with Gasteiger partial charge in [0.25, 0.3) is 5.91 Å². The number of aromatic nitrogens is 10. The van der Waals surface area contributed by atoms with Gasteiger partial charge in [0.1, 0.15) is 11.6 Å². The maximum Gasteiger partial charge on any atom is 0.261 e. The number of amides is 1. The molecule has 0 spiro atoms. The maximum atomic E-state index is 14.0. The summed E-state index contributed by atoms with van der Waals surface area (Å²) in [6, 6.07) is 42.7. The van der Waals surface area contributed by atoms with E-state index in [-0.39, 0.29) is 101 Å². The molecule has 5 aromatic carbocycles. The molecular weight excluding hydrogens is 2150 g/mol. The van der Waals surface area contributed by atoms with Gasteiger partial charge in [-0.05, 0) is 279 Å². The highest BCUT2D eigenvalue weighted by molar-refractivity contribution is 9.11. The Hall–Kier alpha value is -9.67. The molecular formula is C106H107Br2Cl4F5N16O6S5. The van der Waals surface area contributed by atoms with Crippen LogP contribution in [0.5, 0.6) is 0 Å². The summed E-state index contributed by atoms with van der Waals surface area (Å²) in [6.07, 6.45) is 21.7. The van der Waals surface area contributed by atoms with E-state index < -0.39 is 17.5 Å². The van der Waals surface area contributed by atoms with Crippen molar-refractivity contribution in [2.75, 3.05) is 39.8 Å². The van der Waals surface area contributed by atoms with Crippen molar-refractivity contribution in [1.29, 1.82) is 0 Å². The number of rotatable bonds is 31. The number of ether oxygens (including phenoxy) is 1. The number of benzene rings is 5. The number of nitrogens with two attached hydrogens (primary N) is 5. The second-order valence-corrected chi connectivity index (χ2v) is 45.3. The van der Waals surface area contributed by atoms with Crippen LogP contribution in [0.1, 0.15) is 171 Å². The van der Waals surface area contributed by atoms with E-state index in [0.717, 1.165) is 211 Å². The van der Waals surface area contributed by atoms with E-state index in [1.807, 2.05) is 115 Å². The molecule has 144 heavy (non-hydrogen) atoms. The summed E-state index contributed by atoms with van der Waals surface area (Å²) in [5.74, 6) is -4.75. The van der Waals surface area contributed by atoms with Crippen LogP contribution in [0, 0.1) is 52.8 Å². The molecule has 0 bridgehead atoms. The molecule has 5 aliphatic heterocycles. The average Bonchev–Trinajstić information content (AvgIpc) is 1.60. The first-order chi connectivity index (χ1) is 69.6. The Kier molecular flexibility index (Phi) is 37.1. The highest BCUT2D eigenvalue weighted by atomic mass is 79.9. The van der Waals surface area contributed by atoms with Crippen molar-refractivity contribution in [3.8, 4) is 56.3 Å². The van der Waals surface area contributed by atoms with Crippen LogP contribution in [0.4, 0.5) is 22.0 Å². The molecule has 6 unspecified atom stereocenters. The molecule has 38 heteroatoms. The first kappa shape index (κ1) is 107. The molecule has 0 saturated heterocycles.